The van der Waals surface area contributed by atoms with Crippen molar-refractivity contribution in [1.82, 2.24) is 0 Å². The molecule has 6 heteroatoms. The van der Waals surface area contributed by atoms with E-state index in [1.807, 2.05) is 0 Å². The Morgan fingerprint density at radius 1 is 1.50 bits per heavy atom. The number of carbonyl (C=O) groups is 1. The topological polar surface area (TPSA) is 35.5 Å². The van der Waals surface area contributed by atoms with Crippen LogP contribution in [-0.2, 0) is 14.3 Å². The number of methoxy groups -OCH3 is 1. The molecule has 0 heterocycles. The Labute approximate surface area is 67.4 Å². The minimum Gasteiger partial charge on any atom is -0.426 e. The molecule has 0 aliphatic heterocycles. The molecule has 0 aliphatic carbocycles. The van der Waals surface area contributed by atoms with Crippen molar-refractivity contribution in [2.24, 2.45) is 0 Å². The van der Waals surface area contributed by atoms with Gasteiger partial charge in [0.05, 0.1) is 0 Å². The average molecular weight is 186 g/mol. The van der Waals surface area contributed by atoms with Crippen molar-refractivity contribution in [3.63, 3.8) is 0 Å². The zero-order valence-electron chi connectivity index (χ0n) is 6.64. The number of halogens is 3. The lowest BCUT2D eigenvalue weighted by molar-refractivity contribution is -0.292. The maximum atomic E-state index is 11.8. The van der Waals surface area contributed by atoms with E-state index in [2.05, 4.69) is 9.47 Å². The lowest BCUT2D eigenvalue weighted by atomic mass is 10.5. The molecule has 0 aromatic heterocycles. The first-order valence-electron chi connectivity index (χ1n) is 3.20. The van der Waals surface area contributed by atoms with Gasteiger partial charge < -0.3 is 9.47 Å². The zero-order chi connectivity index (χ0) is 9.78. The van der Waals surface area contributed by atoms with E-state index in [0.29, 0.717) is 0 Å². The molecule has 0 saturated heterocycles. The Bertz CT molecular complexity index is 155. The molecule has 0 aliphatic rings. The lowest BCUT2D eigenvalue weighted by Gasteiger charge is -2.17. The smallest absolute Gasteiger partial charge is 0.426 e. The predicted octanol–water partition coefficient (Wildman–Crippen LogP) is 1.47. The number of rotatable bonds is 3. The summed E-state index contributed by atoms with van der Waals surface area (Å²) in [4.78, 5) is 10.4. The van der Waals surface area contributed by atoms with Gasteiger partial charge in [-0.3, -0.25) is 4.79 Å². The number of hydrogen-bond acceptors (Lipinski definition) is 3. The summed E-state index contributed by atoms with van der Waals surface area (Å²) in [6.45, 7) is 1.39. The summed E-state index contributed by atoms with van der Waals surface area (Å²) < 4.78 is 43.3. The van der Waals surface area contributed by atoms with E-state index in [4.69, 9.17) is 0 Å². The second-order valence-electron chi connectivity index (χ2n) is 1.95. The van der Waals surface area contributed by atoms with Crippen LogP contribution in [0.5, 0.6) is 0 Å². The maximum absolute atomic E-state index is 11.8. The Kier molecular flexibility index (Phi) is 4.02. The highest BCUT2D eigenvalue weighted by Crippen LogP contribution is 2.23. The Morgan fingerprint density at radius 3 is 2.25 bits per heavy atom. The molecular formula is C6H9F3O3. The van der Waals surface area contributed by atoms with Gasteiger partial charge in [0.2, 0.25) is 0 Å². The molecule has 0 fully saturated rings. The number of alkyl halides is 3. The van der Waals surface area contributed by atoms with Crippen molar-refractivity contribution in [3.05, 3.63) is 0 Å². The largest absolute Gasteiger partial charge is 0.452 e. The minimum absolute atomic E-state index is 0.115. The zero-order valence-corrected chi connectivity index (χ0v) is 6.64. The third-order valence-electron chi connectivity index (χ3n) is 1.01. The third-order valence-corrected chi connectivity index (χ3v) is 1.01. The summed E-state index contributed by atoms with van der Waals surface area (Å²) in [5.41, 5.74) is 0. The summed E-state index contributed by atoms with van der Waals surface area (Å²) in [5, 5.41) is 0. The molecule has 1 atom stereocenters. The van der Waals surface area contributed by atoms with Crippen LogP contribution < -0.4 is 0 Å². The number of hydrogen-bond donors (Lipinski definition) is 0. The first kappa shape index (κ1) is 11.2. The van der Waals surface area contributed by atoms with Crippen LogP contribution in [0.4, 0.5) is 13.2 Å². The third kappa shape index (κ3) is 3.56. The van der Waals surface area contributed by atoms with Gasteiger partial charge in [0, 0.05) is 13.5 Å². The summed E-state index contributed by atoms with van der Waals surface area (Å²) in [5.74, 6) is -0.945. The molecule has 1 unspecified atom stereocenters. The van der Waals surface area contributed by atoms with E-state index < -0.39 is 18.4 Å². The molecule has 0 rings (SSSR count). The summed E-state index contributed by atoms with van der Waals surface area (Å²) in [6.07, 6.45) is -7.24. The van der Waals surface area contributed by atoms with Crippen LogP contribution in [0.15, 0.2) is 0 Å². The first-order chi connectivity index (χ1) is 5.41. The molecule has 0 aromatic rings. The van der Waals surface area contributed by atoms with E-state index in [-0.39, 0.29) is 6.42 Å². The highest BCUT2D eigenvalue weighted by molar-refractivity contribution is 5.69. The lowest BCUT2D eigenvalue weighted by Crippen LogP contribution is -2.35. The number of esters is 1. The molecule has 0 bridgehead atoms. The highest BCUT2D eigenvalue weighted by atomic mass is 19.4. The van der Waals surface area contributed by atoms with Gasteiger partial charge >= 0.3 is 12.1 Å². The molecule has 0 spiro atoms. The van der Waals surface area contributed by atoms with E-state index >= 15 is 0 Å². The molecule has 3 nitrogen and oxygen atoms in total. The van der Waals surface area contributed by atoms with Crippen molar-refractivity contribution >= 4 is 5.97 Å². The van der Waals surface area contributed by atoms with Crippen LogP contribution in [0.3, 0.4) is 0 Å². The van der Waals surface area contributed by atoms with Gasteiger partial charge in [0.15, 0.2) is 0 Å². The fourth-order valence-corrected chi connectivity index (χ4v) is 0.451. The normalized spacial score (nSPS) is 14.1. The Hall–Kier alpha value is -0.780. The van der Waals surface area contributed by atoms with Gasteiger partial charge in [0.25, 0.3) is 6.29 Å². The van der Waals surface area contributed by atoms with Crippen LogP contribution in [-0.4, -0.2) is 25.5 Å². The molecule has 0 saturated carbocycles. The molecule has 0 amide bonds. The van der Waals surface area contributed by atoms with E-state index in [1.165, 1.54) is 6.92 Å². The van der Waals surface area contributed by atoms with Crippen molar-refractivity contribution in [1.29, 1.82) is 0 Å². The van der Waals surface area contributed by atoms with Gasteiger partial charge in [-0.05, 0) is 0 Å². The molecular weight excluding hydrogens is 177 g/mol. The predicted molar refractivity (Wildman–Crippen MR) is 33.2 cm³/mol. The second kappa shape index (κ2) is 4.30. The Morgan fingerprint density at radius 2 is 2.00 bits per heavy atom. The standard InChI is InChI=1S/C6H9F3O3/c1-3-4(10)12-5(11-2)6(7,8)9/h5H,3H2,1-2H3. The highest BCUT2D eigenvalue weighted by Gasteiger charge is 2.43. The second-order valence-corrected chi connectivity index (χ2v) is 1.95. The van der Waals surface area contributed by atoms with Crippen molar-refractivity contribution in [2.75, 3.05) is 7.11 Å². The molecule has 72 valence electrons. The summed E-state index contributed by atoms with van der Waals surface area (Å²) in [7, 11) is 0.821. The van der Waals surface area contributed by atoms with Gasteiger partial charge in [0.1, 0.15) is 0 Å². The quantitative estimate of drug-likeness (QED) is 0.494. The molecule has 0 N–H and O–H groups in total. The monoisotopic (exact) mass is 186 g/mol. The molecule has 0 radical (unpaired) electrons. The number of carbonyl (C=O) groups excluding carboxylic acids is 1. The fourth-order valence-electron chi connectivity index (χ4n) is 0.451. The number of ether oxygens (including phenoxy) is 2. The fraction of sp³-hybridized carbons (Fsp3) is 0.833. The van der Waals surface area contributed by atoms with Crippen LogP contribution in [0, 0.1) is 0 Å². The summed E-state index contributed by atoms with van der Waals surface area (Å²) in [6, 6.07) is 0. The van der Waals surface area contributed by atoms with Crippen LogP contribution in [0.2, 0.25) is 0 Å². The van der Waals surface area contributed by atoms with Crippen LogP contribution in [0.1, 0.15) is 13.3 Å². The van der Waals surface area contributed by atoms with Crippen LogP contribution in [0.25, 0.3) is 0 Å². The minimum atomic E-state index is -4.67. The maximum Gasteiger partial charge on any atom is 0.452 e. The van der Waals surface area contributed by atoms with Gasteiger partial charge in [-0.2, -0.15) is 13.2 Å². The van der Waals surface area contributed by atoms with Crippen molar-refractivity contribution in [3.8, 4) is 0 Å². The molecule has 0 aromatic carbocycles. The Balaban J connectivity index is 4.09. The van der Waals surface area contributed by atoms with Gasteiger partial charge in [-0.25, -0.2) is 0 Å². The summed E-state index contributed by atoms with van der Waals surface area (Å²) >= 11 is 0. The van der Waals surface area contributed by atoms with Gasteiger partial charge in [-0.1, -0.05) is 6.92 Å². The van der Waals surface area contributed by atoms with Crippen molar-refractivity contribution in [2.45, 2.75) is 25.8 Å². The SMILES string of the molecule is CCC(=O)OC(OC)C(F)(F)F. The van der Waals surface area contributed by atoms with Crippen LogP contribution >= 0.6 is 0 Å². The van der Waals surface area contributed by atoms with Crippen molar-refractivity contribution < 1.29 is 27.4 Å². The van der Waals surface area contributed by atoms with E-state index in [0.717, 1.165) is 7.11 Å². The first-order valence-corrected chi connectivity index (χ1v) is 3.20. The van der Waals surface area contributed by atoms with Gasteiger partial charge in [-0.15, -0.1) is 0 Å². The average Bonchev–Trinajstić information content (AvgIpc) is 1.97. The molecule has 12 heavy (non-hydrogen) atoms. The van der Waals surface area contributed by atoms with E-state index in [9.17, 15) is 18.0 Å². The van der Waals surface area contributed by atoms with E-state index in [1.54, 1.807) is 0 Å².